The third-order valence-corrected chi connectivity index (χ3v) is 6.68. The van der Waals surface area contributed by atoms with Gasteiger partial charge in [-0.3, -0.25) is 9.59 Å². The number of ether oxygens (including phenoxy) is 1. The molecular formula is C30H37N5O4. The maximum absolute atomic E-state index is 13.5. The summed E-state index contributed by atoms with van der Waals surface area (Å²) in [6.07, 6.45) is 0.903. The van der Waals surface area contributed by atoms with E-state index in [1.165, 1.54) is 0 Å². The monoisotopic (exact) mass is 531 g/mol. The molecule has 2 amide bonds. The Kier molecular flexibility index (Phi) is 9.88. The van der Waals surface area contributed by atoms with Crippen LogP contribution in [0.2, 0.25) is 0 Å². The van der Waals surface area contributed by atoms with Crippen LogP contribution >= 0.6 is 0 Å². The number of amides is 2. The Morgan fingerprint density at radius 3 is 2.67 bits per heavy atom. The van der Waals surface area contributed by atoms with Crippen LogP contribution in [-0.4, -0.2) is 60.8 Å². The lowest BCUT2D eigenvalue weighted by molar-refractivity contribution is -0.117. The summed E-state index contributed by atoms with van der Waals surface area (Å²) in [5, 5.41) is 20.7. The molecule has 1 fully saturated rings. The van der Waals surface area contributed by atoms with Gasteiger partial charge in [0.2, 0.25) is 11.8 Å². The Labute approximate surface area is 229 Å². The number of carbonyl (C=O) groups excluding carboxylic acids is 2. The van der Waals surface area contributed by atoms with Crippen LogP contribution in [0.1, 0.15) is 41.4 Å². The SMILES string of the molecule is CCNc1cc(C(=O)N[C@@H](Cc2ccccc2)[C@@H](O)CNCc2cccc(OC)n2)cc(N2CCCC2=O)c1. The van der Waals surface area contributed by atoms with Crippen LogP contribution in [0.5, 0.6) is 5.88 Å². The zero-order valence-electron chi connectivity index (χ0n) is 22.5. The van der Waals surface area contributed by atoms with Crippen molar-refractivity contribution in [1.82, 2.24) is 15.6 Å². The van der Waals surface area contributed by atoms with E-state index in [0.717, 1.165) is 23.4 Å². The van der Waals surface area contributed by atoms with Crippen molar-refractivity contribution < 1.29 is 19.4 Å². The molecule has 2 atom stereocenters. The Hall–Kier alpha value is -3.95. The van der Waals surface area contributed by atoms with Crippen molar-refractivity contribution in [1.29, 1.82) is 0 Å². The van der Waals surface area contributed by atoms with Gasteiger partial charge in [-0.25, -0.2) is 4.98 Å². The Morgan fingerprint density at radius 1 is 1.13 bits per heavy atom. The second-order valence-corrected chi connectivity index (χ2v) is 9.59. The van der Waals surface area contributed by atoms with Crippen LogP contribution in [0, 0.1) is 0 Å². The van der Waals surface area contributed by atoms with Gasteiger partial charge in [-0.1, -0.05) is 36.4 Å². The number of aliphatic hydroxyl groups excluding tert-OH is 1. The highest BCUT2D eigenvalue weighted by Gasteiger charge is 2.25. The van der Waals surface area contributed by atoms with Gasteiger partial charge in [0.1, 0.15) is 0 Å². The maximum Gasteiger partial charge on any atom is 0.251 e. The van der Waals surface area contributed by atoms with Crippen LogP contribution in [-0.2, 0) is 17.8 Å². The van der Waals surface area contributed by atoms with Gasteiger partial charge in [0.15, 0.2) is 0 Å². The highest BCUT2D eigenvalue weighted by molar-refractivity contribution is 6.00. The molecule has 2 heterocycles. The molecule has 0 spiro atoms. The second kappa shape index (κ2) is 13.7. The Balaban J connectivity index is 1.49. The first-order valence-corrected chi connectivity index (χ1v) is 13.4. The van der Waals surface area contributed by atoms with Gasteiger partial charge in [-0.05, 0) is 49.6 Å². The number of pyridine rings is 1. The van der Waals surface area contributed by atoms with E-state index in [-0.39, 0.29) is 18.4 Å². The van der Waals surface area contributed by atoms with Crippen molar-refractivity contribution in [3.8, 4) is 5.88 Å². The first-order valence-electron chi connectivity index (χ1n) is 13.4. The normalized spacial score (nSPS) is 14.6. The highest BCUT2D eigenvalue weighted by atomic mass is 16.5. The van der Waals surface area contributed by atoms with Crippen LogP contribution in [0.3, 0.4) is 0 Å². The number of carbonyl (C=O) groups is 2. The minimum absolute atomic E-state index is 0.0592. The van der Waals surface area contributed by atoms with Gasteiger partial charge in [-0.2, -0.15) is 0 Å². The third kappa shape index (κ3) is 7.78. The molecule has 0 radical (unpaired) electrons. The largest absolute Gasteiger partial charge is 0.481 e. The zero-order chi connectivity index (χ0) is 27.6. The summed E-state index contributed by atoms with van der Waals surface area (Å²) in [7, 11) is 1.57. The van der Waals surface area contributed by atoms with E-state index in [1.807, 2.05) is 55.5 Å². The average Bonchev–Trinajstić information content (AvgIpc) is 3.39. The fourth-order valence-corrected chi connectivity index (χ4v) is 4.69. The first kappa shape index (κ1) is 28.1. The summed E-state index contributed by atoms with van der Waals surface area (Å²) in [5.74, 6) is 0.278. The van der Waals surface area contributed by atoms with Gasteiger partial charge in [0.25, 0.3) is 5.91 Å². The molecule has 39 heavy (non-hydrogen) atoms. The molecule has 4 N–H and O–H groups in total. The summed E-state index contributed by atoms with van der Waals surface area (Å²) in [5.41, 5.74) is 3.69. The molecule has 1 aromatic heterocycles. The van der Waals surface area contributed by atoms with Crippen LogP contribution < -0.4 is 25.6 Å². The maximum atomic E-state index is 13.5. The van der Waals surface area contributed by atoms with Gasteiger partial charge < -0.3 is 30.7 Å². The number of methoxy groups -OCH3 is 1. The fourth-order valence-electron chi connectivity index (χ4n) is 4.69. The second-order valence-electron chi connectivity index (χ2n) is 9.59. The van der Waals surface area contributed by atoms with E-state index in [4.69, 9.17) is 4.74 Å². The van der Waals surface area contributed by atoms with Crippen molar-refractivity contribution >= 4 is 23.2 Å². The van der Waals surface area contributed by atoms with Crippen molar-refractivity contribution in [2.24, 2.45) is 0 Å². The molecule has 0 aliphatic carbocycles. The van der Waals surface area contributed by atoms with Crippen molar-refractivity contribution in [3.63, 3.8) is 0 Å². The van der Waals surface area contributed by atoms with Gasteiger partial charge >= 0.3 is 0 Å². The lowest BCUT2D eigenvalue weighted by atomic mass is 10.00. The molecule has 1 aliphatic rings. The number of hydrogen-bond acceptors (Lipinski definition) is 7. The molecule has 0 unspecified atom stereocenters. The number of hydrogen-bond donors (Lipinski definition) is 4. The van der Waals surface area contributed by atoms with E-state index in [1.54, 1.807) is 30.2 Å². The van der Waals surface area contributed by atoms with Crippen molar-refractivity contribution in [2.45, 2.75) is 44.9 Å². The molecule has 9 nitrogen and oxygen atoms in total. The molecule has 2 aromatic carbocycles. The molecule has 3 aromatic rings. The smallest absolute Gasteiger partial charge is 0.251 e. The lowest BCUT2D eigenvalue weighted by Gasteiger charge is -2.25. The van der Waals surface area contributed by atoms with Crippen molar-refractivity contribution in [2.75, 3.05) is 37.0 Å². The first-order chi connectivity index (χ1) is 19.0. The van der Waals surface area contributed by atoms with E-state index in [0.29, 0.717) is 49.6 Å². The molecule has 4 rings (SSSR count). The summed E-state index contributed by atoms with van der Waals surface area (Å²) in [4.78, 5) is 32.0. The van der Waals surface area contributed by atoms with Crippen LogP contribution in [0.4, 0.5) is 11.4 Å². The van der Waals surface area contributed by atoms with Gasteiger partial charge in [0, 0.05) is 55.6 Å². The topological polar surface area (TPSA) is 116 Å². The third-order valence-electron chi connectivity index (χ3n) is 6.68. The minimum Gasteiger partial charge on any atom is -0.481 e. The Bertz CT molecular complexity index is 1250. The van der Waals surface area contributed by atoms with Gasteiger partial charge in [-0.15, -0.1) is 0 Å². The number of anilines is 2. The summed E-state index contributed by atoms with van der Waals surface area (Å²) in [6, 6.07) is 20.2. The average molecular weight is 532 g/mol. The van der Waals surface area contributed by atoms with Crippen LogP contribution in [0.25, 0.3) is 0 Å². The zero-order valence-corrected chi connectivity index (χ0v) is 22.5. The quantitative estimate of drug-likeness (QED) is 0.268. The van der Waals surface area contributed by atoms with E-state index < -0.39 is 12.1 Å². The number of nitrogens with one attached hydrogen (secondary N) is 3. The Morgan fingerprint density at radius 2 is 1.95 bits per heavy atom. The number of rotatable bonds is 13. The molecule has 0 saturated carbocycles. The van der Waals surface area contributed by atoms with Crippen LogP contribution in [0.15, 0.2) is 66.7 Å². The molecule has 206 valence electrons. The fraction of sp³-hybridized carbons (Fsp3) is 0.367. The number of benzene rings is 2. The summed E-state index contributed by atoms with van der Waals surface area (Å²) < 4.78 is 5.18. The number of aromatic nitrogens is 1. The van der Waals surface area contributed by atoms with Crippen molar-refractivity contribution in [3.05, 3.63) is 83.6 Å². The number of aliphatic hydroxyl groups is 1. The predicted octanol–water partition coefficient (Wildman–Crippen LogP) is 3.14. The minimum atomic E-state index is -0.864. The van der Waals surface area contributed by atoms with E-state index >= 15 is 0 Å². The summed E-state index contributed by atoms with van der Waals surface area (Å²) in [6.45, 7) is 3.99. The highest BCUT2D eigenvalue weighted by Crippen LogP contribution is 2.27. The molecule has 0 bridgehead atoms. The molecular weight excluding hydrogens is 494 g/mol. The predicted molar refractivity (Wildman–Crippen MR) is 152 cm³/mol. The van der Waals surface area contributed by atoms with E-state index in [2.05, 4.69) is 20.9 Å². The van der Waals surface area contributed by atoms with Gasteiger partial charge in [0.05, 0.1) is 24.9 Å². The standard InChI is InChI=1S/C30H37N5O4/c1-3-32-24-16-22(17-25(18-24)35-14-8-13-29(35)37)30(38)34-26(15-21-9-5-4-6-10-21)27(36)20-31-19-23-11-7-12-28(33-23)39-2/h4-7,9-12,16-18,26-27,31-32,36H,3,8,13-15,19-20H2,1-2H3,(H,34,38)/t26-,27-/m0/s1. The lowest BCUT2D eigenvalue weighted by Crippen LogP contribution is -2.48. The van der Waals surface area contributed by atoms with E-state index in [9.17, 15) is 14.7 Å². The molecule has 9 heteroatoms. The molecule has 1 saturated heterocycles. The molecule has 1 aliphatic heterocycles. The summed E-state index contributed by atoms with van der Waals surface area (Å²) >= 11 is 0. The number of nitrogens with zero attached hydrogens (tertiary/aromatic N) is 2.